The van der Waals surface area contributed by atoms with Crippen molar-refractivity contribution in [2.75, 3.05) is 0 Å². The average Bonchev–Trinajstić information content (AvgIpc) is 2.84. The molecule has 2 heterocycles. The van der Waals surface area contributed by atoms with Crippen LogP contribution in [0.25, 0.3) is 0 Å². The summed E-state index contributed by atoms with van der Waals surface area (Å²) in [7, 11) is 1.89. The minimum Gasteiger partial charge on any atom is -0.293 e. The van der Waals surface area contributed by atoms with Crippen molar-refractivity contribution in [3.8, 4) is 0 Å². The van der Waals surface area contributed by atoms with E-state index in [0.717, 1.165) is 22.0 Å². The highest BCUT2D eigenvalue weighted by Crippen LogP contribution is 2.15. The zero-order valence-corrected chi connectivity index (χ0v) is 10.1. The Morgan fingerprint density at radius 3 is 2.94 bits per heavy atom. The number of nitrogens with zero attached hydrogens (tertiary/aromatic N) is 3. The van der Waals surface area contributed by atoms with Crippen molar-refractivity contribution in [3.63, 3.8) is 0 Å². The number of thiazole rings is 1. The fourth-order valence-electron chi connectivity index (χ4n) is 1.50. The largest absolute Gasteiger partial charge is 0.293 e. The van der Waals surface area contributed by atoms with Gasteiger partial charge in [0, 0.05) is 31.6 Å². The number of ketones is 1. The van der Waals surface area contributed by atoms with Gasteiger partial charge < -0.3 is 0 Å². The predicted octanol–water partition coefficient (Wildman–Crippen LogP) is 2.00. The monoisotopic (exact) mass is 235 g/mol. The lowest BCUT2D eigenvalue weighted by Gasteiger charge is -1.99. The van der Waals surface area contributed by atoms with Gasteiger partial charge in [-0.3, -0.25) is 9.48 Å². The second-order valence-electron chi connectivity index (χ2n) is 3.61. The summed E-state index contributed by atoms with van der Waals surface area (Å²) >= 11 is 1.45. The molecule has 0 N–H and O–H groups in total. The smallest absolute Gasteiger partial charge is 0.174 e. The van der Waals surface area contributed by atoms with Crippen LogP contribution in [0.5, 0.6) is 0 Å². The van der Waals surface area contributed by atoms with Gasteiger partial charge in [0.05, 0.1) is 9.88 Å². The molecule has 2 aromatic rings. The van der Waals surface area contributed by atoms with Crippen molar-refractivity contribution >= 4 is 17.1 Å². The number of carbonyl (C=O) groups excluding carboxylic acids is 1. The molecular weight excluding hydrogens is 222 g/mol. The van der Waals surface area contributed by atoms with Gasteiger partial charge in [-0.25, -0.2) is 4.98 Å². The zero-order valence-electron chi connectivity index (χ0n) is 9.30. The van der Waals surface area contributed by atoms with Gasteiger partial charge in [-0.1, -0.05) is 0 Å². The maximum absolute atomic E-state index is 11.8. The van der Waals surface area contributed by atoms with Crippen molar-refractivity contribution in [3.05, 3.63) is 34.0 Å². The minimum absolute atomic E-state index is 0.159. The molecule has 0 saturated carbocycles. The third-order valence-corrected chi connectivity index (χ3v) is 3.38. The van der Waals surface area contributed by atoms with E-state index in [1.165, 1.54) is 11.3 Å². The van der Waals surface area contributed by atoms with E-state index in [9.17, 15) is 4.79 Å². The first-order chi connectivity index (χ1) is 7.66. The van der Waals surface area contributed by atoms with E-state index in [1.54, 1.807) is 17.1 Å². The number of hydrogen-bond acceptors (Lipinski definition) is 4. The molecule has 4 nitrogen and oxygen atoms in total. The van der Waals surface area contributed by atoms with Crippen molar-refractivity contribution in [2.24, 2.45) is 7.05 Å². The van der Waals surface area contributed by atoms with Crippen LogP contribution in [-0.2, 0) is 13.5 Å². The van der Waals surface area contributed by atoms with E-state index in [-0.39, 0.29) is 5.78 Å². The molecule has 0 bridgehead atoms. The molecule has 0 fully saturated rings. The summed E-state index contributed by atoms with van der Waals surface area (Å²) < 4.78 is 1.80. The highest BCUT2D eigenvalue weighted by molar-refractivity contribution is 7.13. The fourth-order valence-corrected chi connectivity index (χ4v) is 2.25. The summed E-state index contributed by atoms with van der Waals surface area (Å²) in [6, 6.07) is 1.94. The van der Waals surface area contributed by atoms with Gasteiger partial charge in [0.25, 0.3) is 0 Å². The lowest BCUT2D eigenvalue weighted by molar-refractivity contribution is 0.0986. The van der Waals surface area contributed by atoms with Crippen molar-refractivity contribution in [1.82, 2.24) is 14.8 Å². The number of Topliss-reactive ketones (excluding diaryl/α,β-unsaturated/α-hetero) is 1. The molecule has 2 aromatic heterocycles. The average molecular weight is 235 g/mol. The number of hydrogen-bond donors (Lipinski definition) is 0. The van der Waals surface area contributed by atoms with Crippen molar-refractivity contribution in [1.29, 1.82) is 0 Å². The van der Waals surface area contributed by atoms with Gasteiger partial charge in [0.1, 0.15) is 0 Å². The second kappa shape index (κ2) is 4.57. The number of aromatic nitrogens is 3. The van der Waals surface area contributed by atoms with Crippen LogP contribution >= 0.6 is 11.3 Å². The highest BCUT2D eigenvalue weighted by atomic mass is 32.1. The van der Waals surface area contributed by atoms with E-state index in [1.807, 2.05) is 20.0 Å². The molecule has 0 radical (unpaired) electrons. The first kappa shape index (κ1) is 11.0. The third-order valence-electron chi connectivity index (χ3n) is 2.43. The molecule has 0 unspecified atom stereocenters. The lowest BCUT2D eigenvalue weighted by atomic mass is 10.1. The van der Waals surface area contributed by atoms with Crippen LogP contribution in [0.4, 0.5) is 0 Å². The second-order valence-corrected chi connectivity index (χ2v) is 4.85. The van der Waals surface area contributed by atoms with E-state index in [0.29, 0.717) is 6.42 Å². The summed E-state index contributed by atoms with van der Waals surface area (Å²) in [5.41, 5.74) is 1.08. The molecule has 0 saturated heterocycles. The minimum atomic E-state index is 0.159. The van der Waals surface area contributed by atoms with E-state index >= 15 is 0 Å². The molecular formula is C11H13N3OS. The zero-order chi connectivity index (χ0) is 11.5. The van der Waals surface area contributed by atoms with E-state index in [2.05, 4.69) is 10.1 Å². The van der Waals surface area contributed by atoms with Crippen LogP contribution in [0.15, 0.2) is 18.5 Å². The van der Waals surface area contributed by atoms with Crippen LogP contribution < -0.4 is 0 Å². The molecule has 0 amide bonds. The highest BCUT2D eigenvalue weighted by Gasteiger charge is 2.10. The van der Waals surface area contributed by atoms with Gasteiger partial charge in [0.15, 0.2) is 5.78 Å². The molecule has 0 aromatic carbocycles. The molecule has 0 spiro atoms. The first-order valence-electron chi connectivity index (χ1n) is 5.09. The van der Waals surface area contributed by atoms with Gasteiger partial charge in [-0.2, -0.15) is 5.10 Å². The van der Waals surface area contributed by atoms with E-state index in [4.69, 9.17) is 0 Å². The summed E-state index contributed by atoms with van der Waals surface area (Å²) in [6.45, 7) is 1.91. The summed E-state index contributed by atoms with van der Waals surface area (Å²) in [6.07, 6.45) is 4.65. The molecule has 0 aliphatic carbocycles. The predicted molar refractivity (Wildman–Crippen MR) is 62.7 cm³/mol. The molecule has 16 heavy (non-hydrogen) atoms. The summed E-state index contributed by atoms with van der Waals surface area (Å²) in [4.78, 5) is 16.6. The van der Waals surface area contributed by atoms with Crippen molar-refractivity contribution in [2.45, 2.75) is 19.8 Å². The number of aryl methyl sites for hydroxylation is 3. The standard InChI is InChI=1S/C11H13N3OS/c1-8-12-7-11(16-8)10(15)4-3-9-5-6-13-14(9)2/h5-7H,3-4H2,1-2H3. The van der Waals surface area contributed by atoms with Gasteiger partial charge >= 0.3 is 0 Å². The molecule has 0 atom stereocenters. The summed E-state index contributed by atoms with van der Waals surface area (Å²) in [5, 5.41) is 5.00. The third kappa shape index (κ3) is 2.36. The number of carbonyl (C=O) groups is 1. The number of rotatable bonds is 4. The topological polar surface area (TPSA) is 47.8 Å². The normalized spacial score (nSPS) is 10.6. The van der Waals surface area contributed by atoms with Gasteiger partial charge in [-0.05, 0) is 19.4 Å². The molecule has 0 aliphatic rings. The van der Waals surface area contributed by atoms with Crippen LogP contribution in [0, 0.1) is 6.92 Å². The Morgan fingerprint density at radius 1 is 1.56 bits per heavy atom. The Bertz CT molecular complexity index is 501. The van der Waals surface area contributed by atoms with E-state index < -0.39 is 0 Å². The Kier molecular flexibility index (Phi) is 3.14. The van der Waals surface area contributed by atoms with Crippen LogP contribution in [0.2, 0.25) is 0 Å². The Hall–Kier alpha value is -1.49. The van der Waals surface area contributed by atoms with Crippen LogP contribution in [0.1, 0.15) is 26.8 Å². The molecule has 84 valence electrons. The Labute approximate surface area is 97.9 Å². The van der Waals surface area contributed by atoms with Crippen molar-refractivity contribution < 1.29 is 4.79 Å². The Morgan fingerprint density at radius 2 is 2.38 bits per heavy atom. The summed E-state index contributed by atoms with van der Waals surface area (Å²) in [5.74, 6) is 0.159. The molecule has 2 rings (SSSR count). The lowest BCUT2D eigenvalue weighted by Crippen LogP contribution is -2.03. The maximum Gasteiger partial charge on any atom is 0.174 e. The molecule has 0 aliphatic heterocycles. The SMILES string of the molecule is Cc1ncc(C(=O)CCc2ccnn2C)s1. The van der Waals surface area contributed by atoms with Gasteiger partial charge in [-0.15, -0.1) is 11.3 Å². The quantitative estimate of drug-likeness (QED) is 0.761. The fraction of sp³-hybridized carbons (Fsp3) is 0.364. The van der Waals surface area contributed by atoms with Crippen LogP contribution in [0.3, 0.4) is 0 Å². The maximum atomic E-state index is 11.8. The molecule has 5 heteroatoms. The first-order valence-corrected chi connectivity index (χ1v) is 5.91. The van der Waals surface area contributed by atoms with Crippen LogP contribution in [-0.4, -0.2) is 20.5 Å². The Balaban J connectivity index is 1.96. The van der Waals surface area contributed by atoms with Gasteiger partial charge in [0.2, 0.25) is 0 Å².